The fourth-order valence-corrected chi connectivity index (χ4v) is 4.50. The molecule has 1 aromatic rings. The van der Waals surface area contributed by atoms with E-state index in [2.05, 4.69) is 27.0 Å². The third kappa shape index (κ3) is 4.45. The van der Waals surface area contributed by atoms with Gasteiger partial charge in [-0.1, -0.05) is 0 Å². The molecule has 0 aliphatic carbocycles. The lowest BCUT2D eigenvalue weighted by Crippen LogP contribution is -2.50. The van der Waals surface area contributed by atoms with E-state index in [1.165, 1.54) is 11.3 Å². The van der Waals surface area contributed by atoms with Gasteiger partial charge in [0, 0.05) is 63.2 Å². The summed E-state index contributed by atoms with van der Waals surface area (Å²) in [7, 11) is 0. The van der Waals surface area contributed by atoms with Gasteiger partial charge in [-0.2, -0.15) is 23.1 Å². The molecular weight excluding hydrogens is 302 g/mol. The average molecular weight is 326 g/mol. The quantitative estimate of drug-likeness (QED) is 0.910. The van der Waals surface area contributed by atoms with Crippen LogP contribution in [0.5, 0.6) is 0 Å². The number of thiophene rings is 1. The van der Waals surface area contributed by atoms with Crippen LogP contribution >= 0.6 is 23.1 Å². The molecule has 1 amide bonds. The summed E-state index contributed by atoms with van der Waals surface area (Å²) in [5.74, 6) is 2.57. The number of carbonyl (C=O) groups excluding carboxylic acids is 1. The molecule has 1 N–H and O–H groups in total. The Balaban J connectivity index is 1.41. The van der Waals surface area contributed by atoms with Crippen LogP contribution in [-0.4, -0.2) is 66.0 Å². The zero-order valence-electron chi connectivity index (χ0n) is 12.3. The van der Waals surface area contributed by atoms with Crippen LogP contribution in [0.3, 0.4) is 0 Å². The molecule has 2 aliphatic rings. The zero-order chi connectivity index (χ0) is 14.5. The number of hydrogen-bond acceptors (Lipinski definition) is 5. The molecule has 0 bridgehead atoms. The predicted molar refractivity (Wildman–Crippen MR) is 89.9 cm³/mol. The smallest absolute Gasteiger partial charge is 0.224 e. The van der Waals surface area contributed by atoms with Crippen LogP contribution < -0.4 is 5.32 Å². The van der Waals surface area contributed by atoms with Crippen molar-refractivity contribution in [1.82, 2.24) is 15.1 Å². The molecule has 116 valence electrons. The minimum atomic E-state index is 0.324. The highest BCUT2D eigenvalue weighted by Crippen LogP contribution is 2.14. The van der Waals surface area contributed by atoms with E-state index in [1.807, 2.05) is 16.7 Å². The Hall–Kier alpha value is -0.560. The standard InChI is InChI=1S/C15H23N3OS2/c19-15(9-14-12-21-8-2-16-14)18-5-3-17(4-6-18)10-13-1-7-20-11-13/h1,7,11,14,16H,2-6,8-10,12H2. The number of amides is 1. The van der Waals surface area contributed by atoms with Gasteiger partial charge in [0.15, 0.2) is 0 Å². The van der Waals surface area contributed by atoms with Crippen molar-refractivity contribution in [2.75, 3.05) is 44.2 Å². The Kier molecular flexibility index (Phi) is 5.57. The zero-order valence-corrected chi connectivity index (χ0v) is 13.9. The summed E-state index contributed by atoms with van der Waals surface area (Å²) in [6, 6.07) is 2.56. The van der Waals surface area contributed by atoms with Crippen LogP contribution in [0.15, 0.2) is 16.8 Å². The Labute approximate surface area is 134 Å². The van der Waals surface area contributed by atoms with E-state index >= 15 is 0 Å². The van der Waals surface area contributed by atoms with Crippen molar-refractivity contribution in [3.63, 3.8) is 0 Å². The molecule has 0 spiro atoms. The summed E-state index contributed by atoms with van der Waals surface area (Å²) < 4.78 is 0. The fourth-order valence-electron chi connectivity index (χ4n) is 2.89. The van der Waals surface area contributed by atoms with Gasteiger partial charge in [0.2, 0.25) is 5.91 Å². The lowest BCUT2D eigenvalue weighted by Gasteiger charge is -2.35. The van der Waals surface area contributed by atoms with E-state index in [4.69, 9.17) is 0 Å². The van der Waals surface area contributed by atoms with Crippen molar-refractivity contribution < 1.29 is 4.79 Å². The molecule has 3 rings (SSSR count). The number of carbonyl (C=O) groups is 1. The number of nitrogens with one attached hydrogen (secondary N) is 1. The third-order valence-corrected chi connectivity index (χ3v) is 5.99. The minimum absolute atomic E-state index is 0.324. The first-order valence-electron chi connectivity index (χ1n) is 7.63. The molecule has 3 heterocycles. The van der Waals surface area contributed by atoms with Crippen molar-refractivity contribution in [2.24, 2.45) is 0 Å². The molecule has 1 aromatic heterocycles. The Morgan fingerprint density at radius 1 is 1.33 bits per heavy atom. The molecular formula is C15H23N3OS2. The monoisotopic (exact) mass is 325 g/mol. The molecule has 0 aromatic carbocycles. The lowest BCUT2D eigenvalue weighted by atomic mass is 10.2. The molecule has 2 saturated heterocycles. The lowest BCUT2D eigenvalue weighted by molar-refractivity contribution is -0.133. The highest BCUT2D eigenvalue weighted by Gasteiger charge is 2.24. The van der Waals surface area contributed by atoms with Crippen LogP contribution in [-0.2, 0) is 11.3 Å². The number of piperazine rings is 1. The summed E-state index contributed by atoms with van der Waals surface area (Å²) in [4.78, 5) is 16.8. The summed E-state index contributed by atoms with van der Waals surface area (Å²) in [6.07, 6.45) is 0.664. The van der Waals surface area contributed by atoms with Crippen LogP contribution in [0.25, 0.3) is 0 Å². The van der Waals surface area contributed by atoms with Crippen LogP contribution in [0.2, 0.25) is 0 Å². The summed E-state index contributed by atoms with van der Waals surface area (Å²) >= 11 is 3.71. The van der Waals surface area contributed by atoms with Gasteiger partial charge in [0.25, 0.3) is 0 Å². The number of nitrogens with zero attached hydrogens (tertiary/aromatic N) is 2. The van der Waals surface area contributed by atoms with Crippen molar-refractivity contribution in [3.05, 3.63) is 22.4 Å². The molecule has 2 aliphatic heterocycles. The van der Waals surface area contributed by atoms with Gasteiger partial charge in [0.1, 0.15) is 0 Å². The van der Waals surface area contributed by atoms with Gasteiger partial charge in [-0.05, 0) is 22.4 Å². The van der Waals surface area contributed by atoms with Crippen LogP contribution in [0.4, 0.5) is 0 Å². The molecule has 1 unspecified atom stereocenters. The number of thioether (sulfide) groups is 1. The van der Waals surface area contributed by atoms with Gasteiger partial charge >= 0.3 is 0 Å². The van der Waals surface area contributed by atoms with E-state index in [1.54, 1.807) is 11.3 Å². The second-order valence-electron chi connectivity index (χ2n) is 5.72. The van der Waals surface area contributed by atoms with E-state index in [0.717, 1.165) is 45.0 Å². The second kappa shape index (κ2) is 7.63. The largest absolute Gasteiger partial charge is 0.340 e. The van der Waals surface area contributed by atoms with E-state index in [-0.39, 0.29) is 0 Å². The Morgan fingerprint density at radius 3 is 2.86 bits per heavy atom. The summed E-state index contributed by atoms with van der Waals surface area (Å²) in [5, 5.41) is 7.79. The van der Waals surface area contributed by atoms with Crippen molar-refractivity contribution in [2.45, 2.75) is 19.0 Å². The highest BCUT2D eigenvalue weighted by atomic mass is 32.2. The first-order valence-corrected chi connectivity index (χ1v) is 9.73. The van der Waals surface area contributed by atoms with Crippen molar-refractivity contribution >= 4 is 29.0 Å². The normalized spacial score (nSPS) is 24.2. The average Bonchev–Trinajstić information content (AvgIpc) is 3.02. The van der Waals surface area contributed by atoms with Crippen molar-refractivity contribution in [3.8, 4) is 0 Å². The fraction of sp³-hybridized carbons (Fsp3) is 0.667. The molecule has 2 fully saturated rings. The Morgan fingerprint density at radius 2 is 2.19 bits per heavy atom. The summed E-state index contributed by atoms with van der Waals surface area (Å²) in [6.45, 7) is 5.80. The van der Waals surface area contributed by atoms with E-state index in [9.17, 15) is 4.79 Å². The third-order valence-electron chi connectivity index (χ3n) is 4.13. The molecule has 1 atom stereocenters. The summed E-state index contributed by atoms with van der Waals surface area (Å²) in [5.41, 5.74) is 1.39. The topological polar surface area (TPSA) is 35.6 Å². The highest BCUT2D eigenvalue weighted by molar-refractivity contribution is 7.99. The first-order chi connectivity index (χ1) is 10.3. The SMILES string of the molecule is O=C(CC1CSCCN1)N1CCN(Cc2ccsc2)CC1. The predicted octanol–water partition coefficient (Wildman–Crippen LogP) is 1.49. The maximum atomic E-state index is 12.3. The minimum Gasteiger partial charge on any atom is -0.340 e. The van der Waals surface area contributed by atoms with Gasteiger partial charge in [-0.25, -0.2) is 0 Å². The van der Waals surface area contributed by atoms with Crippen molar-refractivity contribution in [1.29, 1.82) is 0 Å². The van der Waals surface area contributed by atoms with E-state index in [0.29, 0.717) is 18.4 Å². The van der Waals surface area contributed by atoms with E-state index < -0.39 is 0 Å². The number of rotatable bonds is 4. The van der Waals surface area contributed by atoms with Crippen LogP contribution in [0, 0.1) is 0 Å². The van der Waals surface area contributed by atoms with Gasteiger partial charge in [0.05, 0.1) is 0 Å². The van der Waals surface area contributed by atoms with Gasteiger partial charge < -0.3 is 10.2 Å². The molecule has 6 heteroatoms. The van der Waals surface area contributed by atoms with Gasteiger partial charge in [-0.3, -0.25) is 9.69 Å². The molecule has 0 saturated carbocycles. The molecule has 4 nitrogen and oxygen atoms in total. The van der Waals surface area contributed by atoms with Crippen LogP contribution in [0.1, 0.15) is 12.0 Å². The van der Waals surface area contributed by atoms with Gasteiger partial charge in [-0.15, -0.1) is 0 Å². The molecule has 21 heavy (non-hydrogen) atoms. The second-order valence-corrected chi connectivity index (χ2v) is 7.65. The Bertz CT molecular complexity index is 438. The number of hydrogen-bond donors (Lipinski definition) is 1. The maximum absolute atomic E-state index is 12.3. The molecule has 0 radical (unpaired) electrons. The maximum Gasteiger partial charge on any atom is 0.224 e. The first kappa shape index (κ1) is 15.3.